The lowest BCUT2D eigenvalue weighted by Crippen LogP contribution is -2.15. The zero-order valence-corrected chi connectivity index (χ0v) is 8.30. The maximum Gasteiger partial charge on any atom is 0.258 e. The molecular weight excluding hydrogens is 182 g/mol. The largest absolute Gasteiger partial charge is 0.511 e. The fourth-order valence-corrected chi connectivity index (χ4v) is 1.42. The molecule has 4 heteroatoms. The first kappa shape index (κ1) is 10.8. The normalized spacial score (nSPS) is 19.8. The Labute approximate surface area is 83.0 Å². The summed E-state index contributed by atoms with van der Waals surface area (Å²) in [6.45, 7) is 2.07. The summed E-state index contributed by atoms with van der Waals surface area (Å²) in [5, 5.41) is 11.9. The lowest BCUT2D eigenvalue weighted by atomic mass is 10.1. The topological polar surface area (TPSA) is 66.4 Å². The minimum Gasteiger partial charge on any atom is -0.511 e. The van der Waals surface area contributed by atoms with Crippen molar-refractivity contribution in [2.75, 3.05) is 6.54 Å². The van der Waals surface area contributed by atoms with Crippen LogP contribution in [0.3, 0.4) is 0 Å². The molecule has 0 aromatic rings. The maximum absolute atomic E-state index is 11.2. The number of amides is 1. The van der Waals surface area contributed by atoms with Crippen LogP contribution in [0.15, 0.2) is 11.3 Å². The third-order valence-electron chi connectivity index (χ3n) is 2.22. The Morgan fingerprint density at radius 3 is 2.64 bits per heavy atom. The minimum atomic E-state index is -0.441. The second-order valence-corrected chi connectivity index (χ2v) is 3.38. The quantitative estimate of drug-likeness (QED) is 0.307. The highest BCUT2D eigenvalue weighted by atomic mass is 16.3. The van der Waals surface area contributed by atoms with Gasteiger partial charge in [0, 0.05) is 6.42 Å². The molecular formula is C10H15NO3. The van der Waals surface area contributed by atoms with E-state index in [0.717, 1.165) is 19.3 Å². The van der Waals surface area contributed by atoms with Crippen molar-refractivity contribution in [3.63, 3.8) is 0 Å². The van der Waals surface area contributed by atoms with Gasteiger partial charge in [0.15, 0.2) is 5.78 Å². The molecule has 1 aliphatic rings. The van der Waals surface area contributed by atoms with Gasteiger partial charge >= 0.3 is 0 Å². The lowest BCUT2D eigenvalue weighted by Gasteiger charge is -2.00. The van der Waals surface area contributed by atoms with Crippen molar-refractivity contribution in [3.8, 4) is 0 Å². The molecule has 1 fully saturated rings. The van der Waals surface area contributed by atoms with Gasteiger partial charge in [0.2, 0.25) is 0 Å². The van der Waals surface area contributed by atoms with Gasteiger partial charge in [-0.1, -0.05) is 19.8 Å². The molecule has 78 valence electrons. The molecule has 14 heavy (non-hydrogen) atoms. The Morgan fingerprint density at radius 2 is 2.14 bits per heavy atom. The van der Waals surface area contributed by atoms with E-state index in [1.165, 1.54) is 0 Å². The second kappa shape index (κ2) is 4.79. The number of Topliss-reactive ketones (excluding diaryl/α,β-unsaturated/α-hetero) is 1. The fraction of sp³-hybridized carbons (Fsp3) is 0.600. The monoisotopic (exact) mass is 197 g/mol. The molecule has 4 nitrogen and oxygen atoms in total. The first-order valence-corrected chi connectivity index (χ1v) is 4.90. The maximum atomic E-state index is 11.2. The Balaban J connectivity index is 2.62. The van der Waals surface area contributed by atoms with E-state index in [1.54, 1.807) is 0 Å². The minimum absolute atomic E-state index is 0.0198. The molecule has 1 heterocycles. The van der Waals surface area contributed by atoms with E-state index in [0.29, 0.717) is 6.42 Å². The standard InChI is InChI=1S/C10H15NO3/c1-2-3-4-5-7(12)9-8(13)6-11-10(9)14/h12H,2-6H2,1H3,(H,11,14)/b9-7-. The third kappa shape index (κ3) is 2.34. The molecule has 0 aromatic carbocycles. The van der Waals surface area contributed by atoms with Gasteiger partial charge in [0.05, 0.1) is 6.54 Å². The summed E-state index contributed by atoms with van der Waals surface area (Å²) in [6.07, 6.45) is 3.27. The van der Waals surface area contributed by atoms with Gasteiger partial charge in [-0.15, -0.1) is 0 Å². The van der Waals surface area contributed by atoms with Crippen LogP contribution in [0.1, 0.15) is 32.6 Å². The van der Waals surface area contributed by atoms with Crippen LogP contribution in [0.25, 0.3) is 0 Å². The van der Waals surface area contributed by atoms with E-state index in [9.17, 15) is 14.7 Å². The number of unbranched alkanes of at least 4 members (excludes halogenated alkanes) is 2. The second-order valence-electron chi connectivity index (χ2n) is 3.38. The average Bonchev–Trinajstić information content (AvgIpc) is 2.46. The number of rotatable bonds is 4. The number of carbonyl (C=O) groups excluding carboxylic acids is 2. The number of carbonyl (C=O) groups is 2. The number of hydrogen-bond donors (Lipinski definition) is 2. The number of ketones is 1. The highest BCUT2D eigenvalue weighted by Gasteiger charge is 2.28. The summed E-state index contributed by atoms with van der Waals surface area (Å²) in [7, 11) is 0. The van der Waals surface area contributed by atoms with Crippen LogP contribution in [0.5, 0.6) is 0 Å². The van der Waals surface area contributed by atoms with Gasteiger partial charge in [-0.25, -0.2) is 0 Å². The summed E-state index contributed by atoms with van der Waals surface area (Å²) >= 11 is 0. The zero-order chi connectivity index (χ0) is 10.6. The predicted octanol–water partition coefficient (Wildman–Crippen LogP) is 1.08. The first-order chi connectivity index (χ1) is 6.66. The zero-order valence-electron chi connectivity index (χ0n) is 8.30. The molecule has 0 radical (unpaired) electrons. The van der Waals surface area contributed by atoms with Crippen molar-refractivity contribution in [2.24, 2.45) is 0 Å². The summed E-state index contributed by atoms with van der Waals surface area (Å²) in [6, 6.07) is 0. The van der Waals surface area contributed by atoms with Crippen molar-refractivity contribution in [2.45, 2.75) is 32.6 Å². The summed E-state index contributed by atoms with van der Waals surface area (Å²) in [5.41, 5.74) is -0.0406. The van der Waals surface area contributed by atoms with E-state index in [1.807, 2.05) is 0 Å². The van der Waals surface area contributed by atoms with Gasteiger partial charge in [-0.2, -0.15) is 0 Å². The van der Waals surface area contributed by atoms with Gasteiger partial charge in [-0.05, 0) is 6.42 Å². The van der Waals surface area contributed by atoms with E-state index < -0.39 is 5.91 Å². The van der Waals surface area contributed by atoms with Crippen LogP contribution < -0.4 is 5.32 Å². The predicted molar refractivity (Wildman–Crippen MR) is 51.8 cm³/mol. The van der Waals surface area contributed by atoms with Crippen molar-refractivity contribution >= 4 is 11.7 Å². The molecule has 0 atom stereocenters. The van der Waals surface area contributed by atoms with Gasteiger partial charge in [-0.3, -0.25) is 9.59 Å². The summed E-state index contributed by atoms with van der Waals surface area (Å²) < 4.78 is 0. The molecule has 2 N–H and O–H groups in total. The SMILES string of the molecule is CCCCC/C(O)=C1\C(=O)CNC1=O. The van der Waals surface area contributed by atoms with E-state index in [2.05, 4.69) is 12.2 Å². The molecule has 1 aliphatic heterocycles. The van der Waals surface area contributed by atoms with Crippen molar-refractivity contribution in [1.29, 1.82) is 0 Å². The Hall–Kier alpha value is -1.32. The Bertz CT molecular complexity index is 263. The smallest absolute Gasteiger partial charge is 0.258 e. The molecule has 1 saturated heterocycles. The molecule has 0 unspecified atom stereocenters. The van der Waals surface area contributed by atoms with Crippen LogP contribution in [-0.2, 0) is 9.59 Å². The number of hydrogen-bond acceptors (Lipinski definition) is 3. The highest BCUT2D eigenvalue weighted by molar-refractivity contribution is 6.25. The Morgan fingerprint density at radius 1 is 1.43 bits per heavy atom. The molecule has 0 saturated carbocycles. The molecule has 0 aliphatic carbocycles. The lowest BCUT2D eigenvalue weighted by molar-refractivity contribution is -0.117. The molecule has 1 amide bonds. The van der Waals surface area contributed by atoms with Crippen molar-refractivity contribution < 1.29 is 14.7 Å². The fourth-order valence-electron chi connectivity index (χ4n) is 1.42. The van der Waals surface area contributed by atoms with Gasteiger partial charge in [0.25, 0.3) is 5.91 Å². The van der Waals surface area contributed by atoms with E-state index >= 15 is 0 Å². The Kier molecular flexibility index (Phi) is 3.68. The van der Waals surface area contributed by atoms with Gasteiger partial charge < -0.3 is 10.4 Å². The van der Waals surface area contributed by atoms with Crippen LogP contribution >= 0.6 is 0 Å². The molecule has 0 aromatic heterocycles. The van der Waals surface area contributed by atoms with E-state index in [4.69, 9.17) is 0 Å². The van der Waals surface area contributed by atoms with Crippen LogP contribution in [0.4, 0.5) is 0 Å². The average molecular weight is 197 g/mol. The number of nitrogens with one attached hydrogen (secondary N) is 1. The molecule has 0 bridgehead atoms. The van der Waals surface area contributed by atoms with Crippen LogP contribution in [0, 0.1) is 0 Å². The van der Waals surface area contributed by atoms with Crippen molar-refractivity contribution in [1.82, 2.24) is 5.32 Å². The third-order valence-corrected chi connectivity index (χ3v) is 2.22. The number of aliphatic hydroxyl groups is 1. The number of allylic oxidation sites excluding steroid dienone is 1. The highest BCUT2D eigenvalue weighted by Crippen LogP contribution is 2.14. The molecule has 1 rings (SSSR count). The van der Waals surface area contributed by atoms with Crippen LogP contribution in [-0.4, -0.2) is 23.3 Å². The summed E-state index contributed by atoms with van der Waals surface area (Å²) in [5.74, 6) is -0.800. The number of aliphatic hydroxyl groups excluding tert-OH is 1. The van der Waals surface area contributed by atoms with Crippen molar-refractivity contribution in [3.05, 3.63) is 11.3 Å². The first-order valence-electron chi connectivity index (χ1n) is 4.90. The van der Waals surface area contributed by atoms with E-state index in [-0.39, 0.29) is 23.7 Å². The summed E-state index contributed by atoms with van der Waals surface area (Å²) in [4.78, 5) is 22.3. The van der Waals surface area contributed by atoms with Crippen LogP contribution in [0.2, 0.25) is 0 Å². The molecule has 0 spiro atoms. The van der Waals surface area contributed by atoms with Gasteiger partial charge in [0.1, 0.15) is 11.3 Å².